The largest absolute Gasteiger partial charge is 0.334 e. The maximum Gasteiger partial charge on any atom is 0.322 e. The summed E-state index contributed by atoms with van der Waals surface area (Å²) in [4.78, 5) is 19.4. The van der Waals surface area contributed by atoms with E-state index < -0.39 is 0 Å². The summed E-state index contributed by atoms with van der Waals surface area (Å²) >= 11 is 6.01. The molecule has 1 unspecified atom stereocenters. The first-order valence-corrected chi connectivity index (χ1v) is 11.2. The first-order chi connectivity index (χ1) is 15.4. The van der Waals surface area contributed by atoms with Crippen molar-refractivity contribution < 1.29 is 9.32 Å². The Kier molecular flexibility index (Phi) is 6.33. The molecule has 0 fully saturated rings. The van der Waals surface area contributed by atoms with Crippen LogP contribution in [-0.2, 0) is 0 Å². The Labute approximate surface area is 193 Å². The van der Waals surface area contributed by atoms with Crippen molar-refractivity contribution in [2.75, 3.05) is 6.54 Å². The van der Waals surface area contributed by atoms with Gasteiger partial charge in [-0.3, -0.25) is 4.90 Å². The summed E-state index contributed by atoms with van der Waals surface area (Å²) < 4.78 is 5.72. The van der Waals surface area contributed by atoms with Crippen LogP contribution in [0.1, 0.15) is 55.3 Å². The van der Waals surface area contributed by atoms with Crippen molar-refractivity contribution in [3.8, 4) is 11.4 Å². The second-order valence-electron chi connectivity index (χ2n) is 8.16. The summed E-state index contributed by atoms with van der Waals surface area (Å²) in [6, 6.07) is 13.0. The number of aryl methyl sites for hydroxylation is 2. The minimum absolute atomic E-state index is 0.111. The minimum atomic E-state index is -0.377. The number of unbranched alkanes of at least 4 members (excludes halogenated alkanes) is 1. The van der Waals surface area contributed by atoms with Gasteiger partial charge in [0.05, 0.1) is 11.6 Å². The van der Waals surface area contributed by atoms with Gasteiger partial charge in [0.2, 0.25) is 5.82 Å². The van der Waals surface area contributed by atoms with Gasteiger partial charge in [0.1, 0.15) is 0 Å². The Morgan fingerprint density at radius 1 is 1.09 bits per heavy atom. The zero-order valence-corrected chi connectivity index (χ0v) is 19.5. The fraction of sp³-hybridized carbons (Fsp3) is 0.320. The highest BCUT2D eigenvalue weighted by atomic mass is 35.5. The molecule has 1 aliphatic rings. The van der Waals surface area contributed by atoms with Crippen LogP contribution in [0.15, 0.2) is 52.7 Å². The van der Waals surface area contributed by atoms with E-state index in [0.29, 0.717) is 23.3 Å². The van der Waals surface area contributed by atoms with Crippen LogP contribution in [0.25, 0.3) is 17.0 Å². The number of carbonyl (C=O) groups excluding carboxylic acids is 1. The number of nitrogens with zero attached hydrogens (tertiary/aromatic N) is 3. The molecule has 0 saturated carbocycles. The number of rotatable bonds is 6. The molecule has 0 radical (unpaired) electrons. The first-order valence-electron chi connectivity index (χ1n) is 10.8. The molecule has 0 saturated heterocycles. The molecule has 2 aromatic carbocycles. The molecule has 0 aliphatic carbocycles. The minimum Gasteiger partial charge on any atom is -0.334 e. The molecule has 2 amide bonds. The Morgan fingerprint density at radius 3 is 2.53 bits per heavy atom. The Balaban J connectivity index is 1.80. The number of nitrogens with one attached hydrogen (secondary N) is 1. The molecule has 3 aromatic rings. The molecule has 4 rings (SSSR count). The van der Waals surface area contributed by atoms with E-state index in [0.717, 1.165) is 40.8 Å². The fourth-order valence-corrected chi connectivity index (χ4v) is 4.01. The molecule has 0 spiro atoms. The Hall–Kier alpha value is -3.12. The smallest absolute Gasteiger partial charge is 0.322 e. The number of allylic oxidation sites excluding steroid dienone is 1. The number of aromatic nitrogens is 2. The van der Waals surface area contributed by atoms with Crippen molar-refractivity contribution in [2.45, 2.75) is 46.6 Å². The third kappa shape index (κ3) is 4.28. The molecule has 1 N–H and O–H groups in total. The van der Waals surface area contributed by atoms with E-state index in [1.165, 1.54) is 5.56 Å². The molecular formula is C25H27ClN4O2. The van der Waals surface area contributed by atoms with Crippen molar-refractivity contribution in [1.29, 1.82) is 0 Å². The highest BCUT2D eigenvalue weighted by Gasteiger charge is 2.35. The first kappa shape index (κ1) is 22.1. The lowest BCUT2D eigenvalue weighted by Crippen LogP contribution is -2.46. The quantitative estimate of drug-likeness (QED) is 0.478. The second kappa shape index (κ2) is 9.17. The number of carbonyl (C=O) groups is 1. The van der Waals surface area contributed by atoms with Gasteiger partial charge < -0.3 is 9.84 Å². The standard InChI is InChI=1S/C25H27ClN4O2/c1-5-6-13-30-17(4)21(22(27-25(30)31)19-8-7-15(2)16(3)14-19)24-28-23(29-32-24)18-9-11-20(26)12-10-18/h7-12,14,22H,5-6,13H2,1-4H3,(H,27,31). The van der Waals surface area contributed by atoms with Crippen LogP contribution in [0.3, 0.4) is 0 Å². The van der Waals surface area contributed by atoms with E-state index in [1.54, 1.807) is 17.0 Å². The van der Waals surface area contributed by atoms with E-state index in [4.69, 9.17) is 16.1 Å². The topological polar surface area (TPSA) is 71.3 Å². The van der Waals surface area contributed by atoms with E-state index >= 15 is 0 Å². The van der Waals surface area contributed by atoms with Gasteiger partial charge in [0.15, 0.2) is 0 Å². The lowest BCUT2D eigenvalue weighted by Gasteiger charge is -2.35. The molecule has 166 valence electrons. The van der Waals surface area contributed by atoms with Crippen LogP contribution in [-0.4, -0.2) is 27.6 Å². The zero-order chi connectivity index (χ0) is 22.8. The highest BCUT2D eigenvalue weighted by Crippen LogP contribution is 2.38. The van der Waals surface area contributed by atoms with Gasteiger partial charge in [-0.1, -0.05) is 48.3 Å². The van der Waals surface area contributed by atoms with Crippen LogP contribution >= 0.6 is 11.6 Å². The number of hydrogen-bond acceptors (Lipinski definition) is 4. The maximum absolute atomic E-state index is 13.0. The van der Waals surface area contributed by atoms with Crippen molar-refractivity contribution >= 4 is 23.2 Å². The van der Waals surface area contributed by atoms with Gasteiger partial charge in [-0.05, 0) is 68.1 Å². The number of benzene rings is 2. The predicted octanol–water partition coefficient (Wildman–Crippen LogP) is 6.30. The van der Waals surface area contributed by atoms with E-state index in [1.807, 2.05) is 25.1 Å². The van der Waals surface area contributed by atoms with Crippen LogP contribution in [0, 0.1) is 13.8 Å². The summed E-state index contributed by atoms with van der Waals surface area (Å²) in [6.45, 7) is 8.83. The highest BCUT2D eigenvalue weighted by molar-refractivity contribution is 6.30. The second-order valence-corrected chi connectivity index (χ2v) is 8.60. The van der Waals surface area contributed by atoms with Crippen LogP contribution in [0.5, 0.6) is 0 Å². The molecule has 1 aromatic heterocycles. The normalized spacial score (nSPS) is 16.5. The molecule has 6 nitrogen and oxygen atoms in total. The third-order valence-corrected chi connectivity index (χ3v) is 6.21. The lowest BCUT2D eigenvalue weighted by atomic mass is 9.92. The Morgan fingerprint density at radius 2 is 1.84 bits per heavy atom. The number of hydrogen-bond donors (Lipinski definition) is 1. The van der Waals surface area contributed by atoms with Crippen LogP contribution < -0.4 is 5.32 Å². The molecule has 1 atom stereocenters. The summed E-state index contributed by atoms with van der Waals surface area (Å²) in [5.41, 5.74) is 5.80. The van der Waals surface area contributed by atoms with Gasteiger partial charge in [0.25, 0.3) is 5.89 Å². The SMILES string of the molecule is CCCCN1C(=O)NC(c2ccc(C)c(C)c2)C(c2nc(-c3ccc(Cl)cc3)no2)=C1C. The fourth-order valence-electron chi connectivity index (χ4n) is 3.89. The van der Waals surface area contributed by atoms with E-state index in [9.17, 15) is 4.79 Å². The van der Waals surface area contributed by atoms with Gasteiger partial charge in [0, 0.05) is 22.8 Å². The van der Waals surface area contributed by atoms with Crippen molar-refractivity contribution in [3.05, 3.63) is 75.8 Å². The van der Waals surface area contributed by atoms with E-state index in [2.05, 4.69) is 48.4 Å². The summed E-state index contributed by atoms with van der Waals surface area (Å²) in [6.07, 6.45) is 1.90. The van der Waals surface area contributed by atoms with Crippen molar-refractivity contribution in [3.63, 3.8) is 0 Å². The molecule has 2 heterocycles. The number of halogens is 1. The van der Waals surface area contributed by atoms with Crippen LogP contribution in [0.4, 0.5) is 4.79 Å². The van der Waals surface area contributed by atoms with Crippen molar-refractivity contribution in [1.82, 2.24) is 20.4 Å². The number of amides is 2. The maximum atomic E-state index is 13.0. The Bertz CT molecular complexity index is 1170. The van der Waals surface area contributed by atoms with Crippen LogP contribution in [0.2, 0.25) is 5.02 Å². The molecule has 0 bridgehead atoms. The lowest BCUT2D eigenvalue weighted by molar-refractivity contribution is 0.204. The van der Waals surface area contributed by atoms with Gasteiger partial charge in [-0.15, -0.1) is 0 Å². The predicted molar refractivity (Wildman–Crippen MR) is 126 cm³/mol. The molecular weight excluding hydrogens is 424 g/mol. The molecule has 32 heavy (non-hydrogen) atoms. The monoisotopic (exact) mass is 450 g/mol. The van der Waals surface area contributed by atoms with Gasteiger partial charge >= 0.3 is 6.03 Å². The van der Waals surface area contributed by atoms with Gasteiger partial charge in [-0.2, -0.15) is 4.98 Å². The van der Waals surface area contributed by atoms with E-state index in [-0.39, 0.29) is 12.1 Å². The third-order valence-electron chi connectivity index (χ3n) is 5.95. The molecule has 7 heteroatoms. The zero-order valence-electron chi connectivity index (χ0n) is 18.8. The average Bonchev–Trinajstić information content (AvgIpc) is 3.25. The summed E-state index contributed by atoms with van der Waals surface area (Å²) in [7, 11) is 0. The summed E-state index contributed by atoms with van der Waals surface area (Å²) in [5, 5.41) is 8.00. The number of urea groups is 1. The van der Waals surface area contributed by atoms with Crippen molar-refractivity contribution in [2.24, 2.45) is 0 Å². The molecule has 1 aliphatic heterocycles. The average molecular weight is 451 g/mol. The summed E-state index contributed by atoms with van der Waals surface area (Å²) in [5.74, 6) is 0.880. The van der Waals surface area contributed by atoms with Gasteiger partial charge in [-0.25, -0.2) is 4.79 Å².